The summed E-state index contributed by atoms with van der Waals surface area (Å²) in [5.41, 5.74) is 1.05. The molecule has 5 heteroatoms. The molecule has 2 aromatic rings. The molecule has 0 atom stereocenters. The lowest BCUT2D eigenvalue weighted by atomic mass is 10.2. The molecule has 2 rings (SSSR count). The topological polar surface area (TPSA) is 52.4 Å². The lowest BCUT2D eigenvalue weighted by Crippen LogP contribution is -2.03. The Bertz CT molecular complexity index is 572. The van der Waals surface area contributed by atoms with Gasteiger partial charge in [0.05, 0.1) is 11.5 Å². The van der Waals surface area contributed by atoms with Crippen LogP contribution in [0.3, 0.4) is 0 Å². The Balaban J connectivity index is 2.03. The van der Waals surface area contributed by atoms with Gasteiger partial charge in [0.25, 0.3) is 0 Å². The largest absolute Gasteiger partial charge is 0.486 e. The summed E-state index contributed by atoms with van der Waals surface area (Å²) in [6.07, 6.45) is 0.685. The first-order valence-electron chi connectivity index (χ1n) is 5.77. The van der Waals surface area contributed by atoms with E-state index in [0.29, 0.717) is 18.1 Å². The molecular formula is C14H12ClNO3. The average Bonchev–Trinajstić information content (AvgIpc) is 2.39. The maximum atomic E-state index is 10.8. The van der Waals surface area contributed by atoms with Crippen molar-refractivity contribution in [1.29, 1.82) is 0 Å². The zero-order valence-corrected chi connectivity index (χ0v) is 10.8. The van der Waals surface area contributed by atoms with E-state index in [-0.39, 0.29) is 11.4 Å². The van der Waals surface area contributed by atoms with Crippen molar-refractivity contribution in [3.05, 3.63) is 69.2 Å². The molecule has 19 heavy (non-hydrogen) atoms. The van der Waals surface area contributed by atoms with Crippen LogP contribution in [0.2, 0.25) is 5.02 Å². The van der Waals surface area contributed by atoms with Gasteiger partial charge in [0.2, 0.25) is 0 Å². The highest BCUT2D eigenvalue weighted by Gasteiger charge is 2.15. The molecule has 0 aromatic heterocycles. The zero-order valence-electron chi connectivity index (χ0n) is 10.1. The molecule has 98 valence electrons. The minimum absolute atomic E-state index is 0.0718. The number of hydrogen-bond acceptors (Lipinski definition) is 3. The Kier molecular flexibility index (Phi) is 4.36. The van der Waals surface area contributed by atoms with Crippen LogP contribution in [0.4, 0.5) is 5.69 Å². The van der Waals surface area contributed by atoms with Crippen molar-refractivity contribution in [3.8, 4) is 5.75 Å². The summed E-state index contributed by atoms with van der Waals surface area (Å²) in [5.74, 6) is 0.202. The highest BCUT2D eigenvalue weighted by molar-refractivity contribution is 6.30. The fourth-order valence-corrected chi connectivity index (χ4v) is 1.84. The third-order valence-electron chi connectivity index (χ3n) is 2.61. The molecule has 0 amide bonds. The minimum atomic E-state index is -0.478. The molecule has 0 unspecified atom stereocenters. The molecule has 0 fully saturated rings. The molecule has 4 nitrogen and oxygen atoms in total. The van der Waals surface area contributed by atoms with Gasteiger partial charge < -0.3 is 4.74 Å². The van der Waals surface area contributed by atoms with Crippen molar-refractivity contribution in [2.45, 2.75) is 6.42 Å². The van der Waals surface area contributed by atoms with Crippen LogP contribution in [0.15, 0.2) is 48.5 Å². The zero-order chi connectivity index (χ0) is 13.7. The molecular weight excluding hydrogens is 266 g/mol. The van der Waals surface area contributed by atoms with Crippen LogP contribution < -0.4 is 4.74 Å². The molecule has 0 aliphatic rings. The number of ether oxygens (including phenoxy) is 1. The Morgan fingerprint density at radius 3 is 2.58 bits per heavy atom. The van der Waals surface area contributed by atoms with E-state index in [0.717, 1.165) is 5.56 Å². The van der Waals surface area contributed by atoms with Crippen molar-refractivity contribution in [2.75, 3.05) is 6.61 Å². The average molecular weight is 278 g/mol. The Morgan fingerprint density at radius 2 is 1.89 bits per heavy atom. The fraction of sp³-hybridized carbons (Fsp3) is 0.143. The summed E-state index contributed by atoms with van der Waals surface area (Å²) in [7, 11) is 0. The van der Waals surface area contributed by atoms with Gasteiger partial charge in [0, 0.05) is 23.6 Å². The van der Waals surface area contributed by atoms with Crippen LogP contribution in [0.25, 0.3) is 0 Å². The molecule has 0 radical (unpaired) electrons. The van der Waals surface area contributed by atoms with Crippen molar-refractivity contribution in [1.82, 2.24) is 0 Å². The molecule has 0 spiro atoms. The molecule has 0 aliphatic heterocycles. The highest BCUT2D eigenvalue weighted by Crippen LogP contribution is 2.29. The third kappa shape index (κ3) is 3.69. The van der Waals surface area contributed by atoms with Crippen LogP contribution >= 0.6 is 11.6 Å². The number of nitro benzene ring substituents is 1. The van der Waals surface area contributed by atoms with E-state index < -0.39 is 4.92 Å². The van der Waals surface area contributed by atoms with E-state index in [1.165, 1.54) is 18.2 Å². The second-order valence-corrected chi connectivity index (χ2v) is 4.39. The van der Waals surface area contributed by atoms with Crippen molar-refractivity contribution >= 4 is 17.3 Å². The number of benzene rings is 2. The first-order valence-corrected chi connectivity index (χ1v) is 6.15. The van der Waals surface area contributed by atoms with Gasteiger partial charge in [-0.1, -0.05) is 41.9 Å². The summed E-state index contributed by atoms with van der Waals surface area (Å²) in [6.45, 7) is 0.366. The molecule has 0 N–H and O–H groups in total. The maximum Gasteiger partial charge on any atom is 0.311 e. The molecule has 0 saturated carbocycles. The smallest absolute Gasteiger partial charge is 0.311 e. The summed E-state index contributed by atoms with van der Waals surface area (Å²) in [4.78, 5) is 10.4. The van der Waals surface area contributed by atoms with Gasteiger partial charge in [-0.05, 0) is 11.6 Å². The van der Waals surface area contributed by atoms with Gasteiger partial charge in [0.1, 0.15) is 0 Å². The highest BCUT2D eigenvalue weighted by atomic mass is 35.5. The van der Waals surface area contributed by atoms with E-state index >= 15 is 0 Å². The maximum absolute atomic E-state index is 10.8. The standard InChI is InChI=1S/C14H12ClNO3/c15-12-6-7-13(16(17)18)14(10-12)19-9-8-11-4-2-1-3-5-11/h1-7,10H,8-9H2. The SMILES string of the molecule is O=[N+]([O-])c1ccc(Cl)cc1OCCc1ccccc1. The number of nitrogens with zero attached hydrogens (tertiary/aromatic N) is 1. The third-order valence-corrected chi connectivity index (χ3v) is 2.84. The van der Waals surface area contributed by atoms with Crippen LogP contribution in [0, 0.1) is 10.1 Å². The molecule has 2 aromatic carbocycles. The second-order valence-electron chi connectivity index (χ2n) is 3.95. The summed E-state index contributed by atoms with van der Waals surface area (Å²) in [6, 6.07) is 14.1. The molecule has 0 bridgehead atoms. The fourth-order valence-electron chi connectivity index (χ4n) is 1.68. The monoisotopic (exact) mass is 277 g/mol. The van der Waals surface area contributed by atoms with Gasteiger partial charge >= 0.3 is 5.69 Å². The predicted molar refractivity (Wildman–Crippen MR) is 73.7 cm³/mol. The lowest BCUT2D eigenvalue weighted by Gasteiger charge is -2.07. The van der Waals surface area contributed by atoms with E-state index in [1.807, 2.05) is 30.3 Å². The Labute approximate surface area is 115 Å². The molecule has 0 saturated heterocycles. The van der Waals surface area contributed by atoms with E-state index in [4.69, 9.17) is 16.3 Å². The first-order chi connectivity index (χ1) is 9.16. The Morgan fingerprint density at radius 1 is 1.16 bits per heavy atom. The van der Waals surface area contributed by atoms with Crippen LogP contribution in [-0.2, 0) is 6.42 Å². The van der Waals surface area contributed by atoms with E-state index in [2.05, 4.69) is 0 Å². The quantitative estimate of drug-likeness (QED) is 0.616. The predicted octanol–water partition coefficient (Wildman–Crippen LogP) is 3.87. The second kappa shape index (κ2) is 6.20. The summed E-state index contributed by atoms with van der Waals surface area (Å²) < 4.78 is 5.46. The summed E-state index contributed by atoms with van der Waals surface area (Å²) >= 11 is 5.81. The number of nitro groups is 1. The van der Waals surface area contributed by atoms with Crippen molar-refractivity contribution in [2.24, 2.45) is 0 Å². The van der Waals surface area contributed by atoms with E-state index in [9.17, 15) is 10.1 Å². The summed E-state index contributed by atoms with van der Waals surface area (Å²) in [5, 5.41) is 11.3. The molecule has 0 aliphatic carbocycles. The number of halogens is 1. The first kappa shape index (κ1) is 13.4. The number of rotatable bonds is 5. The van der Waals surface area contributed by atoms with Gasteiger partial charge in [0.15, 0.2) is 5.75 Å². The molecule has 0 heterocycles. The minimum Gasteiger partial charge on any atom is -0.486 e. The van der Waals surface area contributed by atoms with Crippen molar-refractivity contribution < 1.29 is 9.66 Å². The van der Waals surface area contributed by atoms with Gasteiger partial charge in [-0.25, -0.2) is 0 Å². The normalized spacial score (nSPS) is 10.2. The van der Waals surface area contributed by atoms with Crippen LogP contribution in [0.1, 0.15) is 5.56 Å². The van der Waals surface area contributed by atoms with Crippen molar-refractivity contribution in [3.63, 3.8) is 0 Å². The van der Waals surface area contributed by atoms with E-state index in [1.54, 1.807) is 0 Å². The van der Waals surface area contributed by atoms with Crippen LogP contribution in [-0.4, -0.2) is 11.5 Å². The Hall–Kier alpha value is -2.07. The van der Waals surface area contributed by atoms with Gasteiger partial charge in [-0.3, -0.25) is 10.1 Å². The lowest BCUT2D eigenvalue weighted by molar-refractivity contribution is -0.385. The van der Waals surface area contributed by atoms with Gasteiger partial charge in [-0.15, -0.1) is 0 Å². The van der Waals surface area contributed by atoms with Crippen LogP contribution in [0.5, 0.6) is 5.75 Å². The number of hydrogen-bond donors (Lipinski definition) is 0. The van der Waals surface area contributed by atoms with Gasteiger partial charge in [-0.2, -0.15) is 0 Å².